The van der Waals surface area contributed by atoms with Gasteiger partial charge in [-0.15, -0.1) is 17.5 Å². The molecule has 25 heavy (non-hydrogen) atoms. The Morgan fingerprint density at radius 2 is 1.96 bits per heavy atom. The van der Waals surface area contributed by atoms with Gasteiger partial charge < -0.3 is 10.1 Å². The molecule has 0 unspecified atom stereocenters. The Kier molecular flexibility index (Phi) is 5.56. The van der Waals surface area contributed by atoms with Gasteiger partial charge in [0.15, 0.2) is 0 Å². The molecule has 9 nitrogen and oxygen atoms in total. The van der Waals surface area contributed by atoms with Crippen molar-refractivity contribution >= 4 is 12.4 Å². The number of hydrogen-bond acceptors (Lipinski definition) is 7. The van der Waals surface area contributed by atoms with Gasteiger partial charge in [-0.2, -0.15) is 15.0 Å². The fourth-order valence-electron chi connectivity index (χ4n) is 2.72. The molecule has 0 aliphatic carbocycles. The Labute approximate surface area is 150 Å². The van der Waals surface area contributed by atoms with Crippen LogP contribution in [0.4, 0.5) is 0 Å². The van der Waals surface area contributed by atoms with Crippen LogP contribution in [0, 0.1) is 0 Å². The summed E-state index contributed by atoms with van der Waals surface area (Å²) in [6, 6.07) is 7.95. The highest BCUT2D eigenvalue weighted by molar-refractivity contribution is 5.85. The Bertz CT molecular complexity index is 767. The first-order valence-electron chi connectivity index (χ1n) is 7.96. The summed E-state index contributed by atoms with van der Waals surface area (Å²) < 4.78 is 7.37. The van der Waals surface area contributed by atoms with Crippen LogP contribution in [-0.2, 0) is 6.61 Å². The lowest BCUT2D eigenvalue weighted by Crippen LogP contribution is -2.30. The van der Waals surface area contributed by atoms with E-state index in [9.17, 15) is 0 Å². The molecule has 1 N–H and O–H groups in total. The molecule has 1 saturated heterocycles. The van der Waals surface area contributed by atoms with E-state index < -0.39 is 0 Å². The highest BCUT2D eigenvalue weighted by Gasteiger charge is 2.17. The summed E-state index contributed by atoms with van der Waals surface area (Å²) in [4.78, 5) is 1.82. The van der Waals surface area contributed by atoms with Crippen LogP contribution in [-0.4, -0.2) is 48.3 Å². The maximum Gasteiger partial charge on any atom is 0.143 e. The smallest absolute Gasteiger partial charge is 0.143 e. The molecule has 3 aromatic rings. The maximum atomic E-state index is 5.78. The number of benzene rings is 1. The number of tetrazole rings is 1. The molecule has 0 amide bonds. The maximum absolute atomic E-state index is 5.78. The second-order valence-electron chi connectivity index (χ2n) is 5.67. The molecule has 2 aromatic heterocycles. The fourth-order valence-corrected chi connectivity index (χ4v) is 2.72. The average molecular weight is 363 g/mol. The molecular weight excluding hydrogens is 344 g/mol. The minimum absolute atomic E-state index is 0. The Balaban J connectivity index is 0.00000182. The van der Waals surface area contributed by atoms with Gasteiger partial charge in [0.2, 0.25) is 0 Å². The van der Waals surface area contributed by atoms with Gasteiger partial charge in [-0.1, -0.05) is 0 Å². The molecule has 1 fully saturated rings. The summed E-state index contributed by atoms with van der Waals surface area (Å²) >= 11 is 0. The van der Waals surface area contributed by atoms with Crippen molar-refractivity contribution in [1.82, 2.24) is 40.5 Å². The number of rotatable bonds is 5. The number of nitrogens with zero attached hydrogens (tertiary/aromatic N) is 7. The normalized spacial score (nSPS) is 14.9. The summed E-state index contributed by atoms with van der Waals surface area (Å²) in [5.41, 5.74) is 1.71. The Hall–Kier alpha value is -2.52. The van der Waals surface area contributed by atoms with Crippen LogP contribution in [0.1, 0.15) is 24.6 Å². The molecule has 0 atom stereocenters. The summed E-state index contributed by atoms with van der Waals surface area (Å²) in [5.74, 6) is 0.767. The fraction of sp³-hybridized carbons (Fsp3) is 0.400. The molecule has 0 bridgehead atoms. The summed E-state index contributed by atoms with van der Waals surface area (Å²) in [6.07, 6.45) is 5.45. The molecule has 3 heterocycles. The molecule has 1 aliphatic rings. The summed E-state index contributed by atoms with van der Waals surface area (Å²) in [5, 5.41) is 23.3. The van der Waals surface area contributed by atoms with E-state index in [-0.39, 0.29) is 12.4 Å². The van der Waals surface area contributed by atoms with Crippen LogP contribution in [0.15, 0.2) is 36.8 Å². The Morgan fingerprint density at radius 1 is 1.16 bits per heavy atom. The highest BCUT2D eigenvalue weighted by Crippen LogP contribution is 2.18. The number of halogens is 1. The molecule has 1 aliphatic heterocycles. The first kappa shape index (κ1) is 17.3. The zero-order valence-electron chi connectivity index (χ0n) is 13.5. The molecule has 10 heteroatoms. The van der Waals surface area contributed by atoms with Crippen LogP contribution in [0.3, 0.4) is 0 Å². The van der Waals surface area contributed by atoms with Gasteiger partial charge in [0, 0.05) is 0 Å². The van der Waals surface area contributed by atoms with Crippen LogP contribution in [0.5, 0.6) is 5.75 Å². The van der Waals surface area contributed by atoms with Crippen molar-refractivity contribution in [3.8, 4) is 11.4 Å². The molecule has 132 valence electrons. The SMILES string of the molecule is Cl.c1cc(-n2cnnn2)ccc1OCc1cnn(C2CCNCC2)n1. The second kappa shape index (κ2) is 8.04. The molecule has 0 radical (unpaired) electrons. The average Bonchev–Trinajstić information content (AvgIpc) is 3.33. The van der Waals surface area contributed by atoms with E-state index in [1.165, 1.54) is 0 Å². The van der Waals surface area contributed by atoms with Crippen molar-refractivity contribution in [1.29, 1.82) is 0 Å². The largest absolute Gasteiger partial charge is 0.487 e. The Morgan fingerprint density at radius 3 is 2.68 bits per heavy atom. The lowest BCUT2D eigenvalue weighted by atomic mass is 10.1. The lowest BCUT2D eigenvalue weighted by molar-refractivity contribution is 0.287. The molecule has 0 spiro atoms. The topological polar surface area (TPSA) is 95.6 Å². The molecule has 4 rings (SSSR count). The number of hydrogen-bond donors (Lipinski definition) is 1. The number of piperidine rings is 1. The van der Waals surface area contributed by atoms with Crippen molar-refractivity contribution in [3.63, 3.8) is 0 Å². The standard InChI is InChI=1S/C15H18N8O.ClH/c1-3-15(4-2-13(1)22-11-17-20-21-22)24-10-12-9-18-23(19-12)14-5-7-16-8-6-14;/h1-4,9,11,14,16H,5-8,10H2;1H. The number of nitrogens with one attached hydrogen (secondary N) is 1. The van der Waals surface area contributed by atoms with E-state index in [2.05, 4.69) is 31.0 Å². The van der Waals surface area contributed by atoms with Gasteiger partial charge in [-0.3, -0.25) is 0 Å². The van der Waals surface area contributed by atoms with E-state index in [4.69, 9.17) is 4.74 Å². The highest BCUT2D eigenvalue weighted by atomic mass is 35.5. The van der Waals surface area contributed by atoms with Crippen LogP contribution >= 0.6 is 12.4 Å². The zero-order chi connectivity index (χ0) is 16.2. The van der Waals surface area contributed by atoms with Crippen molar-refractivity contribution in [2.24, 2.45) is 0 Å². The van der Waals surface area contributed by atoms with E-state index >= 15 is 0 Å². The van der Waals surface area contributed by atoms with Gasteiger partial charge in [0.05, 0.1) is 17.9 Å². The quantitative estimate of drug-likeness (QED) is 0.728. The summed E-state index contributed by atoms with van der Waals surface area (Å²) in [7, 11) is 0. The first-order valence-corrected chi connectivity index (χ1v) is 7.96. The van der Waals surface area contributed by atoms with Crippen molar-refractivity contribution < 1.29 is 4.74 Å². The third-order valence-corrected chi connectivity index (χ3v) is 4.03. The van der Waals surface area contributed by atoms with Crippen molar-refractivity contribution in [3.05, 3.63) is 42.5 Å². The van der Waals surface area contributed by atoms with Gasteiger partial charge in [0.25, 0.3) is 0 Å². The van der Waals surface area contributed by atoms with E-state index in [0.717, 1.165) is 43.1 Å². The van der Waals surface area contributed by atoms with E-state index in [0.29, 0.717) is 12.6 Å². The third-order valence-electron chi connectivity index (χ3n) is 4.03. The summed E-state index contributed by atoms with van der Waals surface area (Å²) in [6.45, 7) is 2.44. The minimum atomic E-state index is 0. The van der Waals surface area contributed by atoms with Gasteiger partial charge >= 0.3 is 0 Å². The predicted octanol–water partition coefficient (Wildman–Crippen LogP) is 1.18. The van der Waals surface area contributed by atoms with Crippen LogP contribution in [0.25, 0.3) is 5.69 Å². The monoisotopic (exact) mass is 362 g/mol. The zero-order valence-corrected chi connectivity index (χ0v) is 14.3. The minimum Gasteiger partial charge on any atom is -0.487 e. The molecular formula is C15H19ClN8O. The number of aromatic nitrogens is 7. The van der Waals surface area contributed by atoms with E-state index in [1.54, 1.807) is 17.2 Å². The second-order valence-corrected chi connectivity index (χ2v) is 5.67. The van der Waals surface area contributed by atoms with Crippen LogP contribution in [0.2, 0.25) is 0 Å². The molecule has 0 saturated carbocycles. The van der Waals surface area contributed by atoms with E-state index in [1.807, 2.05) is 29.1 Å². The number of ether oxygens (including phenoxy) is 1. The van der Waals surface area contributed by atoms with Gasteiger partial charge in [-0.05, 0) is 60.6 Å². The van der Waals surface area contributed by atoms with Crippen molar-refractivity contribution in [2.45, 2.75) is 25.5 Å². The third kappa shape index (κ3) is 4.12. The lowest BCUT2D eigenvalue weighted by Gasteiger charge is -2.21. The predicted molar refractivity (Wildman–Crippen MR) is 91.9 cm³/mol. The van der Waals surface area contributed by atoms with Crippen molar-refractivity contribution in [2.75, 3.05) is 13.1 Å². The first-order chi connectivity index (χ1) is 11.9. The van der Waals surface area contributed by atoms with Gasteiger partial charge in [-0.25, -0.2) is 4.68 Å². The van der Waals surface area contributed by atoms with Crippen LogP contribution < -0.4 is 10.1 Å². The van der Waals surface area contributed by atoms with Gasteiger partial charge in [0.1, 0.15) is 24.4 Å². The molecule has 1 aromatic carbocycles.